The van der Waals surface area contributed by atoms with Crippen molar-refractivity contribution in [2.45, 2.75) is 38.1 Å². The largest absolute Gasteiger partial charge is 0.300 e. The van der Waals surface area contributed by atoms with Crippen molar-refractivity contribution in [3.05, 3.63) is 10.4 Å². The number of hydrogen-bond acceptors (Lipinski definition) is 2. The Hall–Kier alpha value is -0.730. The normalized spacial score (nSPS) is 33.1. The second kappa shape index (κ2) is 4.67. The van der Waals surface area contributed by atoms with Gasteiger partial charge in [0.1, 0.15) is 0 Å². The maximum absolute atomic E-state index is 8.34. The van der Waals surface area contributed by atoms with Gasteiger partial charge in [-0.05, 0) is 50.2 Å². The zero-order valence-electron chi connectivity index (χ0n) is 8.60. The highest BCUT2D eigenvalue weighted by atomic mass is 15.2. The van der Waals surface area contributed by atoms with Crippen LogP contribution in [0.3, 0.4) is 0 Å². The van der Waals surface area contributed by atoms with Gasteiger partial charge in [0.15, 0.2) is 0 Å². The predicted molar refractivity (Wildman–Crippen MR) is 55.9 cm³/mol. The molecule has 4 heteroatoms. The molecule has 0 N–H and O–H groups in total. The van der Waals surface area contributed by atoms with Crippen molar-refractivity contribution in [2.24, 2.45) is 11.0 Å². The lowest BCUT2D eigenvalue weighted by Crippen LogP contribution is -2.48. The van der Waals surface area contributed by atoms with E-state index in [-0.39, 0.29) is 0 Å². The van der Waals surface area contributed by atoms with Gasteiger partial charge in [-0.2, -0.15) is 0 Å². The van der Waals surface area contributed by atoms with E-state index in [1.54, 1.807) is 0 Å². The summed E-state index contributed by atoms with van der Waals surface area (Å²) in [6.45, 7) is 3.23. The minimum atomic E-state index is 0.625. The van der Waals surface area contributed by atoms with Crippen LogP contribution < -0.4 is 0 Å². The molecule has 0 aromatic heterocycles. The molecule has 2 aliphatic heterocycles. The van der Waals surface area contributed by atoms with Gasteiger partial charge in [-0.3, -0.25) is 0 Å². The summed E-state index contributed by atoms with van der Waals surface area (Å²) in [5.41, 5.74) is 8.34. The fourth-order valence-corrected chi connectivity index (χ4v) is 2.93. The summed E-state index contributed by atoms with van der Waals surface area (Å²) in [5.74, 6) is 0.625. The summed E-state index contributed by atoms with van der Waals surface area (Å²) in [7, 11) is 0. The highest BCUT2D eigenvalue weighted by Gasteiger charge is 2.32. The van der Waals surface area contributed by atoms with Gasteiger partial charge in [-0.15, -0.1) is 0 Å². The molecule has 2 saturated heterocycles. The van der Waals surface area contributed by atoms with Crippen molar-refractivity contribution < 1.29 is 0 Å². The number of piperidine rings is 2. The number of hydrogen-bond donors (Lipinski definition) is 0. The molecule has 4 nitrogen and oxygen atoms in total. The first-order chi connectivity index (χ1) is 6.92. The third-order valence-corrected chi connectivity index (χ3v) is 3.61. The van der Waals surface area contributed by atoms with Gasteiger partial charge < -0.3 is 4.90 Å². The first-order valence-electron chi connectivity index (χ1n) is 5.66. The lowest BCUT2D eigenvalue weighted by molar-refractivity contribution is 0.0632. The summed E-state index contributed by atoms with van der Waals surface area (Å²) in [6.07, 6.45) is 6.55. The van der Waals surface area contributed by atoms with Crippen molar-refractivity contribution >= 4 is 0 Å². The van der Waals surface area contributed by atoms with Crippen LogP contribution in [0.25, 0.3) is 10.4 Å². The first kappa shape index (κ1) is 9.81. The molecule has 14 heavy (non-hydrogen) atoms. The second-order valence-electron chi connectivity index (χ2n) is 4.41. The molecule has 2 heterocycles. The molecule has 0 unspecified atom stereocenters. The molecular formula is C10H18N4. The molecule has 0 spiro atoms. The smallest absolute Gasteiger partial charge is 0.0301 e. The summed E-state index contributed by atoms with van der Waals surface area (Å²) < 4.78 is 0. The van der Waals surface area contributed by atoms with Crippen LogP contribution >= 0.6 is 0 Å². The molecule has 0 radical (unpaired) electrons. The van der Waals surface area contributed by atoms with Gasteiger partial charge in [0, 0.05) is 17.5 Å². The monoisotopic (exact) mass is 194 g/mol. The molecule has 2 fully saturated rings. The lowest BCUT2D eigenvalue weighted by atomic mass is 9.84. The van der Waals surface area contributed by atoms with Crippen LogP contribution in [0.1, 0.15) is 32.1 Å². The topological polar surface area (TPSA) is 52.0 Å². The molecule has 0 amide bonds. The Bertz CT molecular complexity index is 232. The third-order valence-electron chi connectivity index (χ3n) is 3.61. The van der Waals surface area contributed by atoms with Crippen molar-refractivity contribution in [2.75, 3.05) is 19.6 Å². The highest BCUT2D eigenvalue weighted by Crippen LogP contribution is 2.30. The summed E-state index contributed by atoms with van der Waals surface area (Å²) >= 11 is 0. The van der Waals surface area contributed by atoms with Gasteiger partial charge in [0.05, 0.1) is 0 Å². The number of rotatable bonds is 2. The van der Waals surface area contributed by atoms with Crippen LogP contribution in [0.4, 0.5) is 0 Å². The van der Waals surface area contributed by atoms with E-state index in [0.29, 0.717) is 18.5 Å². The average molecular weight is 194 g/mol. The molecule has 0 aliphatic carbocycles. The first-order valence-corrected chi connectivity index (χ1v) is 5.66. The molecule has 0 aromatic carbocycles. The highest BCUT2D eigenvalue weighted by molar-refractivity contribution is 4.87. The molecule has 0 saturated carbocycles. The van der Waals surface area contributed by atoms with E-state index < -0.39 is 0 Å². The zero-order valence-corrected chi connectivity index (χ0v) is 8.60. The summed E-state index contributed by atoms with van der Waals surface area (Å²) in [4.78, 5) is 5.48. The maximum atomic E-state index is 8.34. The van der Waals surface area contributed by atoms with Gasteiger partial charge in [0.25, 0.3) is 0 Å². The molecule has 2 atom stereocenters. The van der Waals surface area contributed by atoms with E-state index in [4.69, 9.17) is 5.53 Å². The molecule has 78 valence electrons. The van der Waals surface area contributed by atoms with E-state index in [0.717, 1.165) is 0 Å². The summed E-state index contributed by atoms with van der Waals surface area (Å²) in [5, 5.41) is 3.74. The lowest BCUT2D eigenvalue weighted by Gasteiger charge is -2.44. The van der Waals surface area contributed by atoms with Crippen molar-refractivity contribution in [3.63, 3.8) is 0 Å². The van der Waals surface area contributed by atoms with Crippen LogP contribution in [0.15, 0.2) is 5.11 Å². The van der Waals surface area contributed by atoms with Crippen LogP contribution in [-0.2, 0) is 0 Å². The minimum absolute atomic E-state index is 0.625. The Labute approximate surface area is 84.9 Å². The second-order valence-corrected chi connectivity index (χ2v) is 4.41. The van der Waals surface area contributed by atoms with Crippen LogP contribution in [0.5, 0.6) is 0 Å². The zero-order chi connectivity index (χ0) is 9.80. The molecule has 2 aliphatic rings. The Kier molecular flexibility index (Phi) is 3.27. The van der Waals surface area contributed by atoms with Crippen LogP contribution in [-0.4, -0.2) is 30.6 Å². The van der Waals surface area contributed by atoms with Crippen molar-refractivity contribution in [1.29, 1.82) is 0 Å². The van der Waals surface area contributed by atoms with E-state index in [1.165, 1.54) is 45.2 Å². The Balaban J connectivity index is 1.97. The number of nitrogens with zero attached hydrogens (tertiary/aromatic N) is 4. The summed E-state index contributed by atoms with van der Waals surface area (Å²) in [6, 6.07) is 0.711. The third kappa shape index (κ3) is 2.02. The molecule has 0 bridgehead atoms. The number of azide groups is 1. The average Bonchev–Trinajstić information content (AvgIpc) is 2.26. The van der Waals surface area contributed by atoms with Gasteiger partial charge in [-0.1, -0.05) is 11.5 Å². The fourth-order valence-electron chi connectivity index (χ4n) is 2.93. The quantitative estimate of drug-likeness (QED) is 0.378. The van der Waals surface area contributed by atoms with Gasteiger partial charge in [0.2, 0.25) is 0 Å². The molecule has 0 aromatic rings. The van der Waals surface area contributed by atoms with Crippen LogP contribution in [0, 0.1) is 5.92 Å². The van der Waals surface area contributed by atoms with Crippen molar-refractivity contribution in [1.82, 2.24) is 4.90 Å². The predicted octanol–water partition coefficient (Wildman–Crippen LogP) is 2.56. The van der Waals surface area contributed by atoms with E-state index >= 15 is 0 Å². The van der Waals surface area contributed by atoms with Crippen LogP contribution in [0.2, 0.25) is 0 Å². The van der Waals surface area contributed by atoms with E-state index in [9.17, 15) is 0 Å². The molecular weight excluding hydrogens is 176 g/mol. The van der Waals surface area contributed by atoms with Gasteiger partial charge in [-0.25, -0.2) is 0 Å². The minimum Gasteiger partial charge on any atom is -0.300 e. The maximum Gasteiger partial charge on any atom is 0.0301 e. The van der Waals surface area contributed by atoms with Gasteiger partial charge >= 0.3 is 0 Å². The fraction of sp³-hybridized carbons (Fsp3) is 1.00. The van der Waals surface area contributed by atoms with E-state index in [2.05, 4.69) is 14.9 Å². The Morgan fingerprint density at radius 2 is 2.07 bits per heavy atom. The number of fused-ring (bicyclic) bond motifs is 1. The van der Waals surface area contributed by atoms with Crippen molar-refractivity contribution in [3.8, 4) is 0 Å². The standard InChI is InChI=1S/C10H18N4/c11-13-12-8-9-4-3-7-14-6-2-1-5-10(9)14/h9-10H,1-8H2/t9-,10-/m1/s1. The van der Waals surface area contributed by atoms with E-state index in [1.807, 2.05) is 0 Å². The SMILES string of the molecule is [N-]=[N+]=NC[C@H]1CCCN2CCCC[C@H]12. The Morgan fingerprint density at radius 3 is 2.93 bits per heavy atom. The Morgan fingerprint density at radius 1 is 1.21 bits per heavy atom. The molecule has 2 rings (SSSR count).